The molecule has 4 aliphatic heterocycles. The molecule has 5 aliphatic rings. The molecule has 43 heavy (non-hydrogen) atoms. The molecule has 3 heteroatoms. The number of fused-ring (bicyclic) bond motifs is 6. The molecule has 0 N–H and O–H groups in total. The van der Waals surface area contributed by atoms with Crippen LogP contribution in [0.1, 0.15) is 56.1 Å². The van der Waals surface area contributed by atoms with Crippen LogP contribution in [0.5, 0.6) is 0 Å². The number of anilines is 5. The Hall–Kier alpha value is -5.15. The van der Waals surface area contributed by atoms with Gasteiger partial charge < -0.3 is 9.80 Å². The Balaban J connectivity index is 1.33. The lowest BCUT2D eigenvalue weighted by Crippen LogP contribution is -2.66. The average molecular weight is 551 g/mol. The van der Waals surface area contributed by atoms with Crippen LogP contribution in [0.4, 0.5) is 28.4 Å². The summed E-state index contributed by atoms with van der Waals surface area (Å²) in [6.45, 7) is 0.873. The van der Waals surface area contributed by atoms with Gasteiger partial charge in [-0.05, 0) is 64.2 Å². The minimum absolute atomic E-state index is 0.214. The molecule has 11 rings (SSSR count). The summed E-state index contributed by atoms with van der Waals surface area (Å²) >= 11 is 0. The maximum absolute atomic E-state index is 2.72. The predicted octanol–water partition coefficient (Wildman–Crippen LogP) is 8.00. The van der Waals surface area contributed by atoms with E-state index < -0.39 is 0 Å². The van der Waals surface area contributed by atoms with Crippen LogP contribution in [0.3, 0.4) is 0 Å². The fourth-order valence-electron chi connectivity index (χ4n) is 9.31. The quantitative estimate of drug-likeness (QED) is 0.192. The molecule has 0 saturated carbocycles. The Morgan fingerprint density at radius 2 is 1.30 bits per heavy atom. The van der Waals surface area contributed by atoms with Gasteiger partial charge in [-0.1, -0.05) is 78.9 Å². The molecule has 0 saturated heterocycles. The number of pyridine rings is 1. The third-order valence-electron chi connectivity index (χ3n) is 10.8. The molecule has 2 atom stereocenters. The van der Waals surface area contributed by atoms with Crippen molar-refractivity contribution in [1.29, 1.82) is 0 Å². The SMILES string of the molecule is c1ccc(N2CC34c5c2cccc5N2c5ccccc5Cc5ccc(c3c52)C2c3ccccc3Cc3ccc[n+]4c32)cc1. The van der Waals surface area contributed by atoms with Crippen molar-refractivity contribution >= 4 is 28.4 Å². The Morgan fingerprint density at radius 3 is 2.23 bits per heavy atom. The Morgan fingerprint density at radius 1 is 0.558 bits per heavy atom. The number of benzene rings is 5. The second-order valence-electron chi connectivity index (χ2n) is 12.7. The van der Waals surface area contributed by atoms with E-state index in [-0.39, 0.29) is 11.5 Å². The molecular weight excluding hydrogens is 522 g/mol. The van der Waals surface area contributed by atoms with Gasteiger partial charge in [0.05, 0.1) is 40.7 Å². The molecule has 0 bridgehead atoms. The molecule has 2 unspecified atom stereocenters. The Labute approximate surface area is 250 Å². The van der Waals surface area contributed by atoms with Crippen molar-refractivity contribution in [3.63, 3.8) is 0 Å². The number of rotatable bonds is 1. The van der Waals surface area contributed by atoms with Gasteiger partial charge in [-0.2, -0.15) is 4.57 Å². The first-order valence-electron chi connectivity index (χ1n) is 15.4. The molecule has 1 spiro atoms. The molecule has 0 amide bonds. The highest BCUT2D eigenvalue weighted by Gasteiger charge is 2.64. The number of hydrogen-bond acceptors (Lipinski definition) is 2. The second kappa shape index (κ2) is 7.62. The standard InChI is InChI=1S/C40H28N3/c1-2-13-29(14-3-1)41-24-40-36-31(35-30-15-6-4-10-25(30)22-27-12-9-21-42(40)38(27)35)20-19-28-23-26-11-5-7-16-32(26)43(39(28)36)34-18-8-17-33(41)37(34)40/h1-21,35H,22-24H2/q+1. The second-order valence-corrected chi connectivity index (χ2v) is 12.7. The summed E-state index contributed by atoms with van der Waals surface area (Å²) in [6, 6.07) is 45.8. The van der Waals surface area contributed by atoms with E-state index in [9.17, 15) is 0 Å². The third kappa shape index (κ3) is 2.54. The summed E-state index contributed by atoms with van der Waals surface area (Å²) in [4.78, 5) is 5.19. The topological polar surface area (TPSA) is 10.4 Å². The smallest absolute Gasteiger partial charge is 0.242 e. The van der Waals surface area contributed by atoms with Crippen LogP contribution < -0.4 is 14.4 Å². The Kier molecular flexibility index (Phi) is 3.98. The molecule has 3 nitrogen and oxygen atoms in total. The van der Waals surface area contributed by atoms with Crippen molar-refractivity contribution in [2.45, 2.75) is 24.3 Å². The molecule has 6 aromatic rings. The van der Waals surface area contributed by atoms with E-state index in [1.165, 1.54) is 78.6 Å². The third-order valence-corrected chi connectivity index (χ3v) is 10.8. The molecule has 0 fully saturated rings. The molecule has 202 valence electrons. The van der Waals surface area contributed by atoms with Crippen LogP contribution >= 0.6 is 0 Å². The molecular formula is C40H28N3+. The fraction of sp³-hybridized carbons (Fsp3) is 0.125. The lowest BCUT2D eigenvalue weighted by Gasteiger charge is -2.48. The summed E-state index contributed by atoms with van der Waals surface area (Å²) < 4.78 is 2.72. The summed E-state index contributed by atoms with van der Waals surface area (Å²) in [7, 11) is 0. The Bertz CT molecular complexity index is 2200. The van der Waals surface area contributed by atoms with Gasteiger partial charge in [-0.15, -0.1) is 0 Å². The van der Waals surface area contributed by atoms with Crippen molar-refractivity contribution in [3.8, 4) is 0 Å². The van der Waals surface area contributed by atoms with E-state index in [0.717, 1.165) is 19.4 Å². The van der Waals surface area contributed by atoms with Crippen molar-refractivity contribution in [2.75, 3.05) is 16.3 Å². The van der Waals surface area contributed by atoms with Gasteiger partial charge in [0.1, 0.15) is 0 Å². The van der Waals surface area contributed by atoms with Gasteiger partial charge in [0.15, 0.2) is 11.9 Å². The molecule has 1 aliphatic carbocycles. The van der Waals surface area contributed by atoms with E-state index in [1.807, 2.05) is 0 Å². The summed E-state index contributed by atoms with van der Waals surface area (Å²) in [5.41, 5.74) is 19.3. The first kappa shape index (κ1) is 22.4. The molecule has 0 radical (unpaired) electrons. The first-order valence-corrected chi connectivity index (χ1v) is 15.4. The zero-order chi connectivity index (χ0) is 27.9. The highest BCUT2D eigenvalue weighted by Crippen LogP contribution is 2.64. The van der Waals surface area contributed by atoms with Crippen molar-refractivity contribution < 1.29 is 4.57 Å². The van der Waals surface area contributed by atoms with Gasteiger partial charge >= 0.3 is 0 Å². The number of nitrogens with zero attached hydrogens (tertiary/aromatic N) is 3. The van der Waals surface area contributed by atoms with Crippen molar-refractivity contribution in [3.05, 3.63) is 178 Å². The van der Waals surface area contributed by atoms with Crippen LogP contribution in [0, 0.1) is 0 Å². The van der Waals surface area contributed by atoms with E-state index in [4.69, 9.17) is 0 Å². The first-order chi connectivity index (χ1) is 21.3. The van der Waals surface area contributed by atoms with E-state index in [1.54, 1.807) is 0 Å². The van der Waals surface area contributed by atoms with Crippen LogP contribution in [0.2, 0.25) is 0 Å². The normalized spacial score (nSPS) is 20.5. The van der Waals surface area contributed by atoms with Gasteiger partial charge in [0.25, 0.3) is 0 Å². The van der Waals surface area contributed by atoms with Crippen LogP contribution in [0.25, 0.3) is 0 Å². The highest BCUT2D eigenvalue weighted by atomic mass is 15.3. The van der Waals surface area contributed by atoms with Crippen LogP contribution in [-0.4, -0.2) is 6.54 Å². The van der Waals surface area contributed by atoms with Gasteiger partial charge in [-0.3, -0.25) is 0 Å². The fourth-order valence-corrected chi connectivity index (χ4v) is 9.31. The summed E-state index contributed by atoms with van der Waals surface area (Å²) in [5, 5.41) is 0. The minimum Gasteiger partial charge on any atom is -0.333 e. The van der Waals surface area contributed by atoms with Gasteiger partial charge in [0, 0.05) is 35.8 Å². The zero-order valence-electron chi connectivity index (χ0n) is 23.7. The number of para-hydroxylation sites is 2. The van der Waals surface area contributed by atoms with Crippen molar-refractivity contribution in [1.82, 2.24) is 0 Å². The minimum atomic E-state index is -0.334. The summed E-state index contributed by atoms with van der Waals surface area (Å²) in [5.74, 6) is 0.214. The molecule has 5 aromatic carbocycles. The van der Waals surface area contributed by atoms with Crippen LogP contribution in [-0.2, 0) is 18.4 Å². The average Bonchev–Trinajstić information content (AvgIpc) is 3.42. The number of aromatic nitrogens is 1. The maximum atomic E-state index is 2.72. The largest absolute Gasteiger partial charge is 0.333 e. The van der Waals surface area contributed by atoms with E-state index in [2.05, 4.69) is 142 Å². The van der Waals surface area contributed by atoms with E-state index >= 15 is 0 Å². The maximum Gasteiger partial charge on any atom is 0.242 e. The van der Waals surface area contributed by atoms with Gasteiger partial charge in [0.2, 0.25) is 5.54 Å². The molecule has 1 aromatic heterocycles. The van der Waals surface area contributed by atoms with Crippen LogP contribution in [0.15, 0.2) is 128 Å². The zero-order valence-corrected chi connectivity index (χ0v) is 23.7. The van der Waals surface area contributed by atoms with Crippen molar-refractivity contribution in [2.24, 2.45) is 0 Å². The van der Waals surface area contributed by atoms with E-state index in [0.29, 0.717) is 0 Å². The number of hydrogen-bond donors (Lipinski definition) is 0. The lowest BCUT2D eigenvalue weighted by molar-refractivity contribution is -0.750. The van der Waals surface area contributed by atoms with Gasteiger partial charge in [-0.25, -0.2) is 0 Å². The highest BCUT2D eigenvalue weighted by molar-refractivity contribution is 5.96. The monoisotopic (exact) mass is 550 g/mol. The predicted molar refractivity (Wildman–Crippen MR) is 170 cm³/mol. The molecule has 5 heterocycles. The lowest BCUT2D eigenvalue weighted by atomic mass is 9.65. The summed E-state index contributed by atoms with van der Waals surface area (Å²) in [6.07, 6.45) is 4.33.